The normalized spacial score (nSPS) is 35.6. The highest BCUT2D eigenvalue weighted by molar-refractivity contribution is 5.74. The third-order valence-electron chi connectivity index (χ3n) is 5.70. The number of carbonyl (C=O) groups excluding carboxylic acids is 1. The van der Waals surface area contributed by atoms with Crippen molar-refractivity contribution in [3.8, 4) is 0 Å². The van der Waals surface area contributed by atoms with Crippen molar-refractivity contribution in [2.45, 2.75) is 116 Å². The zero-order valence-electron chi connectivity index (χ0n) is 19.2. The molecule has 3 rings (SSSR count). The molecule has 0 aromatic heterocycles. The zero-order chi connectivity index (χ0) is 21.9. The van der Waals surface area contributed by atoms with Gasteiger partial charge in [0.05, 0.1) is 12.5 Å². The lowest BCUT2D eigenvalue weighted by atomic mass is 10.0. The molecule has 0 spiro atoms. The Labute approximate surface area is 180 Å². The van der Waals surface area contributed by atoms with Gasteiger partial charge in [-0.25, -0.2) is 0 Å². The molecular weight excluding hydrogens is 388 g/mol. The number of allylic oxidation sites excluding steroid dienone is 1. The summed E-state index contributed by atoms with van der Waals surface area (Å²) in [7, 11) is 0. The molecule has 0 saturated carbocycles. The second kappa shape index (κ2) is 9.65. The molecule has 0 bridgehead atoms. The van der Waals surface area contributed by atoms with E-state index in [1.165, 1.54) is 19.3 Å². The van der Waals surface area contributed by atoms with E-state index < -0.39 is 36.2 Å². The maximum absolute atomic E-state index is 12.8. The van der Waals surface area contributed by atoms with Crippen LogP contribution in [0.15, 0.2) is 12.2 Å². The number of rotatable bonds is 9. The van der Waals surface area contributed by atoms with Crippen LogP contribution in [0.4, 0.5) is 0 Å². The molecule has 3 aliphatic rings. The highest BCUT2D eigenvalue weighted by Gasteiger charge is 2.60. The molecule has 7 heteroatoms. The molecule has 0 unspecified atom stereocenters. The number of carbonyl (C=O) groups is 1. The van der Waals surface area contributed by atoms with Crippen molar-refractivity contribution in [2.24, 2.45) is 5.92 Å². The first-order valence-electron chi connectivity index (χ1n) is 11.3. The van der Waals surface area contributed by atoms with E-state index >= 15 is 0 Å². The number of hydrogen-bond acceptors (Lipinski definition) is 7. The summed E-state index contributed by atoms with van der Waals surface area (Å²) in [4.78, 5) is 12.8. The van der Waals surface area contributed by atoms with Gasteiger partial charge in [-0.05, 0) is 47.5 Å². The summed E-state index contributed by atoms with van der Waals surface area (Å²) in [6.07, 6.45) is 7.22. The van der Waals surface area contributed by atoms with Gasteiger partial charge in [0, 0.05) is 0 Å². The maximum Gasteiger partial charge on any atom is 0.312 e. The molecule has 0 N–H and O–H groups in total. The molecular formula is C23H38O7. The molecule has 0 radical (unpaired) electrons. The van der Waals surface area contributed by atoms with Crippen LogP contribution in [-0.4, -0.2) is 54.9 Å². The van der Waals surface area contributed by atoms with Crippen molar-refractivity contribution in [1.82, 2.24) is 0 Å². The largest absolute Gasteiger partial charge is 0.456 e. The third kappa shape index (κ3) is 5.82. The first kappa shape index (κ1) is 23.7. The quantitative estimate of drug-likeness (QED) is 0.312. The van der Waals surface area contributed by atoms with Crippen LogP contribution in [0.25, 0.3) is 0 Å². The Balaban J connectivity index is 1.61. The molecule has 3 aliphatic heterocycles. The average molecular weight is 427 g/mol. The van der Waals surface area contributed by atoms with Crippen LogP contribution in [0.5, 0.6) is 0 Å². The Morgan fingerprint density at radius 2 is 1.83 bits per heavy atom. The van der Waals surface area contributed by atoms with Gasteiger partial charge >= 0.3 is 5.97 Å². The summed E-state index contributed by atoms with van der Waals surface area (Å²) in [5.74, 6) is -2.13. The maximum atomic E-state index is 12.8. The molecule has 3 fully saturated rings. The van der Waals surface area contributed by atoms with E-state index in [9.17, 15) is 4.79 Å². The number of fused-ring (bicyclic) bond motifs is 1. The van der Waals surface area contributed by atoms with E-state index in [0.29, 0.717) is 6.61 Å². The standard InChI is InChI=1S/C23H38O7/c1-7-8-9-10-11-12-13-15(2)20(24)26-18-17(16-14-25-22(3,4)28-16)27-21-19(18)29-23(5,6)30-21/h12-13,15-19,21H,7-11,14H2,1-6H3/b13-12+/t15-,16-,17-,18+,19-,21-/m1/s1. The summed E-state index contributed by atoms with van der Waals surface area (Å²) in [6.45, 7) is 11.8. The van der Waals surface area contributed by atoms with Gasteiger partial charge in [-0.2, -0.15) is 0 Å². The van der Waals surface area contributed by atoms with Gasteiger partial charge < -0.3 is 28.4 Å². The molecule has 7 nitrogen and oxygen atoms in total. The summed E-state index contributed by atoms with van der Waals surface area (Å²) in [5, 5.41) is 0. The van der Waals surface area contributed by atoms with Crippen molar-refractivity contribution in [2.75, 3.05) is 6.61 Å². The minimum absolute atomic E-state index is 0.300. The lowest BCUT2D eigenvalue weighted by molar-refractivity contribution is -0.235. The molecule has 0 aliphatic carbocycles. The molecule has 3 saturated heterocycles. The van der Waals surface area contributed by atoms with Crippen molar-refractivity contribution in [3.63, 3.8) is 0 Å². The van der Waals surface area contributed by atoms with Gasteiger partial charge in [-0.1, -0.05) is 38.3 Å². The SMILES string of the molecule is CCCCCC/C=C/[C@@H](C)C(=O)O[C@@H]1[C@H]2OC(C)(C)O[C@H]2O[C@@H]1[C@H]1COC(C)(C)O1. The second-order valence-electron chi connectivity index (χ2n) is 9.40. The average Bonchev–Trinajstić information content (AvgIpc) is 3.27. The van der Waals surface area contributed by atoms with Crippen molar-refractivity contribution in [1.29, 1.82) is 0 Å². The summed E-state index contributed by atoms with van der Waals surface area (Å²) < 4.78 is 35.5. The van der Waals surface area contributed by atoms with Gasteiger partial charge in [0.15, 0.2) is 30.1 Å². The number of esters is 1. The van der Waals surface area contributed by atoms with Gasteiger partial charge in [0.1, 0.15) is 12.2 Å². The summed E-state index contributed by atoms with van der Waals surface area (Å²) >= 11 is 0. The fourth-order valence-electron chi connectivity index (χ4n) is 4.12. The van der Waals surface area contributed by atoms with Crippen molar-refractivity contribution >= 4 is 5.97 Å². The molecule has 0 aromatic carbocycles. The predicted octanol–water partition coefficient (Wildman–Crippen LogP) is 4.09. The van der Waals surface area contributed by atoms with Gasteiger partial charge in [-0.15, -0.1) is 0 Å². The highest BCUT2D eigenvalue weighted by Crippen LogP contribution is 2.42. The van der Waals surface area contributed by atoms with E-state index in [1.54, 1.807) is 0 Å². The monoisotopic (exact) mass is 426 g/mol. The van der Waals surface area contributed by atoms with Crippen molar-refractivity contribution < 1.29 is 33.2 Å². The number of unbranched alkanes of at least 4 members (excludes halogenated alkanes) is 4. The molecule has 6 atom stereocenters. The number of ether oxygens (including phenoxy) is 6. The smallest absolute Gasteiger partial charge is 0.312 e. The van der Waals surface area contributed by atoms with Crippen LogP contribution in [0.3, 0.4) is 0 Å². The molecule has 3 heterocycles. The Morgan fingerprint density at radius 3 is 2.50 bits per heavy atom. The van der Waals surface area contributed by atoms with Crippen LogP contribution in [0.1, 0.15) is 73.6 Å². The highest BCUT2D eigenvalue weighted by atomic mass is 16.8. The summed E-state index contributed by atoms with van der Waals surface area (Å²) in [6, 6.07) is 0. The Hall–Kier alpha value is -0.990. The van der Waals surface area contributed by atoms with Crippen LogP contribution in [0.2, 0.25) is 0 Å². The van der Waals surface area contributed by atoms with Crippen LogP contribution in [-0.2, 0) is 33.2 Å². The van der Waals surface area contributed by atoms with Crippen LogP contribution >= 0.6 is 0 Å². The third-order valence-corrected chi connectivity index (χ3v) is 5.70. The van der Waals surface area contributed by atoms with E-state index in [2.05, 4.69) is 13.0 Å². The van der Waals surface area contributed by atoms with E-state index in [1.807, 2.05) is 40.7 Å². The van der Waals surface area contributed by atoms with Crippen molar-refractivity contribution in [3.05, 3.63) is 12.2 Å². The van der Waals surface area contributed by atoms with E-state index in [-0.39, 0.29) is 18.0 Å². The predicted molar refractivity (Wildman–Crippen MR) is 111 cm³/mol. The molecule has 172 valence electrons. The molecule has 30 heavy (non-hydrogen) atoms. The Morgan fingerprint density at radius 1 is 1.07 bits per heavy atom. The van der Waals surface area contributed by atoms with Gasteiger partial charge in [-0.3, -0.25) is 4.79 Å². The minimum atomic E-state index is -0.790. The Kier molecular flexibility index (Phi) is 7.62. The first-order chi connectivity index (χ1) is 14.1. The lowest BCUT2D eigenvalue weighted by Gasteiger charge is -2.29. The van der Waals surface area contributed by atoms with Crippen LogP contribution in [0, 0.1) is 5.92 Å². The molecule has 0 aromatic rings. The zero-order valence-corrected chi connectivity index (χ0v) is 19.2. The minimum Gasteiger partial charge on any atom is -0.456 e. The van der Waals surface area contributed by atoms with Crippen LogP contribution < -0.4 is 0 Å². The van der Waals surface area contributed by atoms with Gasteiger partial charge in [0.25, 0.3) is 0 Å². The topological polar surface area (TPSA) is 72.5 Å². The van der Waals surface area contributed by atoms with Gasteiger partial charge in [0.2, 0.25) is 0 Å². The fourth-order valence-corrected chi connectivity index (χ4v) is 4.12. The summed E-state index contributed by atoms with van der Waals surface area (Å²) in [5.41, 5.74) is 0. The Bertz CT molecular complexity index is 615. The second-order valence-corrected chi connectivity index (χ2v) is 9.40. The lowest BCUT2D eigenvalue weighted by Crippen LogP contribution is -2.45. The van der Waals surface area contributed by atoms with E-state index in [0.717, 1.165) is 12.8 Å². The molecule has 0 amide bonds. The fraction of sp³-hybridized carbons (Fsp3) is 0.870. The van der Waals surface area contributed by atoms with E-state index in [4.69, 9.17) is 28.4 Å². The first-order valence-corrected chi connectivity index (χ1v) is 11.3. The number of hydrogen-bond donors (Lipinski definition) is 0.